The van der Waals surface area contributed by atoms with Crippen molar-refractivity contribution < 1.29 is 13.2 Å². The summed E-state index contributed by atoms with van der Waals surface area (Å²) in [4.78, 5) is 0. The molecule has 4 aromatic rings. The highest BCUT2D eigenvalue weighted by Gasteiger charge is 2.09. The Balaban J connectivity index is 1.55. The second-order valence-electron chi connectivity index (χ2n) is 7.92. The lowest BCUT2D eigenvalue weighted by Crippen LogP contribution is -1.92. The number of fused-ring (bicyclic) bond motifs is 1. The maximum Gasteiger partial charge on any atom is 0.139 e. The van der Waals surface area contributed by atoms with Crippen molar-refractivity contribution in [1.29, 1.82) is 0 Å². The molecule has 0 bridgehead atoms. The van der Waals surface area contributed by atoms with Gasteiger partial charge in [0.05, 0.1) is 5.56 Å². The van der Waals surface area contributed by atoms with Crippen molar-refractivity contribution in [2.75, 3.05) is 0 Å². The van der Waals surface area contributed by atoms with Crippen molar-refractivity contribution in [3.05, 3.63) is 107 Å². The lowest BCUT2D eigenvalue weighted by molar-refractivity contribution is 0.620. The van der Waals surface area contributed by atoms with Gasteiger partial charge in [0.2, 0.25) is 0 Å². The monoisotopic (exact) mass is 428 g/mol. The van der Waals surface area contributed by atoms with E-state index in [4.69, 9.17) is 0 Å². The third-order valence-electron chi connectivity index (χ3n) is 5.53. The Morgan fingerprint density at radius 1 is 0.688 bits per heavy atom. The van der Waals surface area contributed by atoms with E-state index in [9.17, 15) is 13.2 Å². The van der Waals surface area contributed by atoms with Crippen molar-refractivity contribution in [1.82, 2.24) is 0 Å². The topological polar surface area (TPSA) is 0 Å². The summed E-state index contributed by atoms with van der Waals surface area (Å²) in [6.07, 6.45) is 4.12. The van der Waals surface area contributed by atoms with Crippen LogP contribution in [0.2, 0.25) is 0 Å². The van der Waals surface area contributed by atoms with Gasteiger partial charge in [-0.2, -0.15) is 0 Å². The molecule has 0 fully saturated rings. The number of hydrogen-bond acceptors (Lipinski definition) is 0. The van der Waals surface area contributed by atoms with Gasteiger partial charge in [0.1, 0.15) is 17.5 Å². The molecule has 3 heteroatoms. The van der Waals surface area contributed by atoms with E-state index in [0.29, 0.717) is 16.7 Å². The molecule has 0 spiro atoms. The van der Waals surface area contributed by atoms with Crippen LogP contribution in [0, 0.1) is 29.3 Å². The fraction of sp³-hybridized carbons (Fsp3) is 0.172. The summed E-state index contributed by atoms with van der Waals surface area (Å²) in [7, 11) is 0. The zero-order valence-corrected chi connectivity index (χ0v) is 17.9. The summed E-state index contributed by atoms with van der Waals surface area (Å²) in [5.74, 6) is 4.67. The molecule has 0 unspecified atom stereocenters. The third kappa shape index (κ3) is 5.03. The Morgan fingerprint density at radius 2 is 1.50 bits per heavy atom. The first-order valence-corrected chi connectivity index (χ1v) is 10.8. The molecule has 0 amide bonds. The molecule has 4 aromatic carbocycles. The summed E-state index contributed by atoms with van der Waals surface area (Å²) in [6.45, 7) is 2.14. The van der Waals surface area contributed by atoms with Crippen molar-refractivity contribution in [2.45, 2.75) is 32.6 Å². The summed E-state index contributed by atoms with van der Waals surface area (Å²) < 4.78 is 42.6. The lowest BCUT2D eigenvalue weighted by atomic mass is 9.99. The zero-order valence-electron chi connectivity index (χ0n) is 17.9. The predicted molar refractivity (Wildman–Crippen MR) is 125 cm³/mol. The maximum absolute atomic E-state index is 14.7. The maximum atomic E-state index is 14.7. The van der Waals surface area contributed by atoms with Gasteiger partial charge in [-0.15, -0.1) is 0 Å². The molecule has 0 saturated heterocycles. The summed E-state index contributed by atoms with van der Waals surface area (Å²) >= 11 is 0. The van der Waals surface area contributed by atoms with Crippen LogP contribution in [0.4, 0.5) is 13.2 Å². The molecule has 0 aliphatic heterocycles. The fourth-order valence-corrected chi connectivity index (χ4v) is 3.75. The van der Waals surface area contributed by atoms with Crippen LogP contribution in [0.5, 0.6) is 0 Å². The molecule has 0 saturated carbocycles. The summed E-state index contributed by atoms with van der Waals surface area (Å²) in [5.41, 5.74) is 2.77. The minimum Gasteiger partial charge on any atom is -0.207 e. The Labute approximate surface area is 186 Å². The van der Waals surface area contributed by atoms with Crippen LogP contribution in [0.15, 0.2) is 72.8 Å². The molecular formula is C29H23F3. The molecule has 160 valence electrons. The molecule has 0 aliphatic carbocycles. The number of benzene rings is 4. The molecule has 32 heavy (non-hydrogen) atoms. The van der Waals surface area contributed by atoms with Crippen molar-refractivity contribution in [3.8, 4) is 23.0 Å². The molecule has 0 N–H and O–H groups in total. The van der Waals surface area contributed by atoms with E-state index in [-0.39, 0.29) is 17.2 Å². The predicted octanol–water partition coefficient (Wildman–Crippen LogP) is 8.06. The number of aryl methyl sites for hydroxylation is 1. The normalized spacial score (nSPS) is 10.8. The first-order chi connectivity index (χ1) is 15.5. The van der Waals surface area contributed by atoms with Crippen LogP contribution in [0.3, 0.4) is 0 Å². The van der Waals surface area contributed by atoms with Crippen molar-refractivity contribution in [2.24, 2.45) is 0 Å². The number of hydrogen-bond donors (Lipinski definition) is 0. The van der Waals surface area contributed by atoms with Gasteiger partial charge in [-0.05, 0) is 77.2 Å². The van der Waals surface area contributed by atoms with Gasteiger partial charge in [0.15, 0.2) is 0 Å². The smallest absolute Gasteiger partial charge is 0.139 e. The largest absolute Gasteiger partial charge is 0.207 e. The van der Waals surface area contributed by atoms with Crippen LogP contribution < -0.4 is 0 Å². The van der Waals surface area contributed by atoms with Gasteiger partial charge >= 0.3 is 0 Å². The van der Waals surface area contributed by atoms with E-state index in [1.165, 1.54) is 18.2 Å². The molecule has 0 heterocycles. The number of unbranched alkanes of at least 4 members (excludes halogenated alkanes) is 2. The van der Waals surface area contributed by atoms with Gasteiger partial charge in [-0.3, -0.25) is 0 Å². The first kappa shape index (κ1) is 21.7. The van der Waals surface area contributed by atoms with Crippen molar-refractivity contribution in [3.63, 3.8) is 0 Å². The van der Waals surface area contributed by atoms with E-state index >= 15 is 0 Å². The highest BCUT2D eigenvalue weighted by atomic mass is 19.1. The molecule has 0 aromatic heterocycles. The van der Waals surface area contributed by atoms with Crippen LogP contribution in [0.25, 0.3) is 21.9 Å². The average Bonchev–Trinajstić information content (AvgIpc) is 2.78. The van der Waals surface area contributed by atoms with Crippen LogP contribution in [0.1, 0.15) is 42.9 Å². The van der Waals surface area contributed by atoms with E-state index in [2.05, 4.69) is 18.8 Å². The van der Waals surface area contributed by atoms with Crippen LogP contribution in [-0.4, -0.2) is 0 Å². The Kier molecular flexibility index (Phi) is 6.61. The van der Waals surface area contributed by atoms with E-state index in [1.54, 1.807) is 42.5 Å². The SMILES string of the molecule is CCCCCc1ccc(-c2ccc(C#Cc3ccc4cc(F)ccc4c3)c(F)c2)c(F)c1. The fourth-order valence-electron chi connectivity index (χ4n) is 3.75. The van der Waals surface area contributed by atoms with Gasteiger partial charge < -0.3 is 0 Å². The quantitative estimate of drug-likeness (QED) is 0.223. The van der Waals surface area contributed by atoms with Crippen LogP contribution >= 0.6 is 0 Å². The minimum atomic E-state index is -0.496. The summed E-state index contributed by atoms with van der Waals surface area (Å²) in [5, 5.41) is 1.65. The van der Waals surface area contributed by atoms with Gasteiger partial charge in [0, 0.05) is 11.1 Å². The molecule has 0 radical (unpaired) electrons. The lowest BCUT2D eigenvalue weighted by Gasteiger charge is -2.07. The second-order valence-corrected chi connectivity index (χ2v) is 7.92. The van der Waals surface area contributed by atoms with E-state index in [0.717, 1.165) is 42.0 Å². The molecule has 0 atom stereocenters. The van der Waals surface area contributed by atoms with Gasteiger partial charge in [0.25, 0.3) is 0 Å². The van der Waals surface area contributed by atoms with Crippen molar-refractivity contribution >= 4 is 10.8 Å². The minimum absolute atomic E-state index is 0.240. The third-order valence-corrected chi connectivity index (χ3v) is 5.53. The molecular weight excluding hydrogens is 405 g/mol. The zero-order chi connectivity index (χ0) is 22.5. The summed E-state index contributed by atoms with van der Waals surface area (Å²) in [6, 6.07) is 19.7. The highest BCUT2D eigenvalue weighted by Crippen LogP contribution is 2.26. The first-order valence-electron chi connectivity index (χ1n) is 10.8. The number of rotatable bonds is 5. The molecule has 0 aliphatic rings. The van der Waals surface area contributed by atoms with Gasteiger partial charge in [-0.1, -0.05) is 61.9 Å². The Hall–Kier alpha value is -3.51. The van der Waals surface area contributed by atoms with Gasteiger partial charge in [-0.25, -0.2) is 13.2 Å². The van der Waals surface area contributed by atoms with E-state index in [1.807, 2.05) is 12.1 Å². The standard InChI is InChI=1S/C29H23F3/c1-2-3-4-5-20-8-15-27(29(32)17-20)25-12-11-22(28(31)19-25)9-6-21-7-10-24-18-26(30)14-13-23(24)16-21/h7-8,10-19H,2-5H2,1H3. The Bertz CT molecular complexity index is 1330. The Morgan fingerprint density at radius 3 is 2.28 bits per heavy atom. The molecule has 0 nitrogen and oxygen atoms in total. The second kappa shape index (κ2) is 9.75. The van der Waals surface area contributed by atoms with Crippen LogP contribution in [-0.2, 0) is 6.42 Å². The average molecular weight is 428 g/mol. The molecule has 4 rings (SSSR count). The number of halogens is 3. The highest BCUT2D eigenvalue weighted by molar-refractivity contribution is 5.84. The van der Waals surface area contributed by atoms with E-state index < -0.39 is 5.82 Å².